The molecule has 104 valence electrons. The van der Waals surface area contributed by atoms with E-state index in [0.29, 0.717) is 5.92 Å². The molecular weight excluding hydrogens is 238 g/mol. The number of aryl methyl sites for hydroxylation is 1. The minimum Gasteiger partial charge on any atom is -0.481 e. The molecule has 1 saturated carbocycles. The number of rotatable bonds is 5. The summed E-state index contributed by atoms with van der Waals surface area (Å²) >= 11 is 0. The van der Waals surface area contributed by atoms with Crippen molar-refractivity contribution in [1.82, 2.24) is 0 Å². The summed E-state index contributed by atoms with van der Waals surface area (Å²) in [6.07, 6.45) is 4.75. The molecule has 1 aliphatic carbocycles. The molecule has 0 aromatic heterocycles. The van der Waals surface area contributed by atoms with Crippen LogP contribution in [0.25, 0.3) is 0 Å². The van der Waals surface area contributed by atoms with Gasteiger partial charge in [-0.1, -0.05) is 25.1 Å². The molecule has 0 bridgehead atoms. The maximum atomic E-state index is 10.9. The molecule has 0 radical (unpaired) electrons. The Labute approximate surface area is 115 Å². The maximum absolute atomic E-state index is 10.9. The molecule has 0 atom stereocenters. The quantitative estimate of drug-likeness (QED) is 0.852. The first-order valence-corrected chi connectivity index (χ1v) is 7.25. The highest BCUT2D eigenvalue weighted by molar-refractivity contribution is 5.70. The summed E-state index contributed by atoms with van der Waals surface area (Å²) in [6, 6.07) is 8.41. The Balaban J connectivity index is 1.82. The predicted octanol–water partition coefficient (Wildman–Crippen LogP) is 3.55. The molecule has 19 heavy (non-hydrogen) atoms. The average Bonchev–Trinajstić information content (AvgIpc) is 2.45. The van der Waals surface area contributed by atoms with Crippen LogP contribution >= 0.6 is 0 Å². The van der Waals surface area contributed by atoms with Gasteiger partial charge < -0.3 is 10.4 Å². The monoisotopic (exact) mass is 261 g/mol. The van der Waals surface area contributed by atoms with Crippen molar-refractivity contribution in [3.05, 3.63) is 29.8 Å². The van der Waals surface area contributed by atoms with E-state index in [4.69, 9.17) is 5.11 Å². The van der Waals surface area contributed by atoms with Gasteiger partial charge >= 0.3 is 5.97 Å². The van der Waals surface area contributed by atoms with Gasteiger partial charge in [0.1, 0.15) is 0 Å². The fraction of sp³-hybridized carbons (Fsp3) is 0.562. The number of anilines is 1. The minimum absolute atomic E-state index is 0.112. The Kier molecular flexibility index (Phi) is 4.83. The van der Waals surface area contributed by atoms with Crippen molar-refractivity contribution in [2.45, 2.75) is 39.0 Å². The number of hydrogen-bond acceptors (Lipinski definition) is 2. The van der Waals surface area contributed by atoms with Gasteiger partial charge in [0.2, 0.25) is 0 Å². The molecule has 1 aromatic carbocycles. The van der Waals surface area contributed by atoms with Crippen molar-refractivity contribution in [3.8, 4) is 0 Å². The molecule has 1 aliphatic rings. The molecular formula is C16H23NO2. The molecule has 0 unspecified atom stereocenters. The summed E-state index contributed by atoms with van der Waals surface area (Å²) in [4.78, 5) is 10.9. The van der Waals surface area contributed by atoms with Crippen LogP contribution in [-0.4, -0.2) is 17.6 Å². The fourth-order valence-electron chi connectivity index (χ4n) is 2.87. The number of aliphatic carboxylic acids is 1. The van der Waals surface area contributed by atoms with Gasteiger partial charge in [-0.3, -0.25) is 4.79 Å². The topological polar surface area (TPSA) is 49.3 Å². The van der Waals surface area contributed by atoms with E-state index < -0.39 is 5.97 Å². The molecule has 2 N–H and O–H groups in total. The van der Waals surface area contributed by atoms with Gasteiger partial charge in [0.05, 0.1) is 5.92 Å². The number of carboxylic acids is 1. The van der Waals surface area contributed by atoms with Crippen LogP contribution in [-0.2, 0) is 11.2 Å². The van der Waals surface area contributed by atoms with E-state index in [1.165, 1.54) is 11.3 Å². The van der Waals surface area contributed by atoms with Gasteiger partial charge in [-0.15, -0.1) is 0 Å². The standard InChI is InChI=1S/C16H23NO2/c1-2-13-5-3-4-6-15(13)17-11-12-7-9-14(10-8-12)16(18)19/h3-6,12,14,17H,2,7-11H2,1H3,(H,18,19). The van der Waals surface area contributed by atoms with Crippen LogP contribution in [0.2, 0.25) is 0 Å². The first-order chi connectivity index (χ1) is 9.20. The lowest BCUT2D eigenvalue weighted by atomic mass is 9.82. The van der Waals surface area contributed by atoms with Gasteiger partial charge in [-0.25, -0.2) is 0 Å². The Morgan fingerprint density at radius 2 is 1.95 bits per heavy atom. The molecule has 3 heteroatoms. The molecule has 0 aliphatic heterocycles. The number of benzene rings is 1. The van der Waals surface area contributed by atoms with Crippen LogP contribution in [0, 0.1) is 11.8 Å². The van der Waals surface area contributed by atoms with E-state index in [1.54, 1.807) is 0 Å². The molecule has 1 fully saturated rings. The highest BCUT2D eigenvalue weighted by atomic mass is 16.4. The Bertz CT molecular complexity index is 423. The lowest BCUT2D eigenvalue weighted by Crippen LogP contribution is -2.25. The van der Waals surface area contributed by atoms with Crippen LogP contribution in [0.5, 0.6) is 0 Å². The van der Waals surface area contributed by atoms with Gasteiger partial charge in [0, 0.05) is 12.2 Å². The fourth-order valence-corrected chi connectivity index (χ4v) is 2.87. The van der Waals surface area contributed by atoms with Crippen molar-refractivity contribution in [1.29, 1.82) is 0 Å². The second kappa shape index (κ2) is 6.60. The second-order valence-electron chi connectivity index (χ2n) is 5.45. The SMILES string of the molecule is CCc1ccccc1NCC1CCC(C(=O)O)CC1. The van der Waals surface area contributed by atoms with Crippen LogP contribution in [0.3, 0.4) is 0 Å². The zero-order valence-electron chi connectivity index (χ0n) is 11.6. The summed E-state index contributed by atoms with van der Waals surface area (Å²) in [5, 5.41) is 12.5. The molecule has 0 amide bonds. The number of carbonyl (C=O) groups is 1. The summed E-state index contributed by atoms with van der Waals surface area (Å²) in [7, 11) is 0. The van der Waals surface area contributed by atoms with Gasteiger partial charge in [-0.05, 0) is 49.7 Å². The van der Waals surface area contributed by atoms with Crippen LogP contribution < -0.4 is 5.32 Å². The minimum atomic E-state index is -0.622. The Morgan fingerprint density at radius 1 is 1.26 bits per heavy atom. The number of nitrogens with one attached hydrogen (secondary N) is 1. The van der Waals surface area contributed by atoms with Gasteiger partial charge in [0.15, 0.2) is 0 Å². The van der Waals surface area contributed by atoms with Crippen molar-refractivity contribution in [2.75, 3.05) is 11.9 Å². The second-order valence-corrected chi connectivity index (χ2v) is 5.45. The van der Waals surface area contributed by atoms with Crippen LogP contribution in [0.4, 0.5) is 5.69 Å². The van der Waals surface area contributed by atoms with Gasteiger partial charge in [0.25, 0.3) is 0 Å². The molecule has 2 rings (SSSR count). The van der Waals surface area contributed by atoms with Crippen LogP contribution in [0.15, 0.2) is 24.3 Å². The number of para-hydroxylation sites is 1. The zero-order valence-corrected chi connectivity index (χ0v) is 11.6. The van der Waals surface area contributed by atoms with E-state index in [2.05, 4.69) is 36.5 Å². The zero-order chi connectivity index (χ0) is 13.7. The third-order valence-electron chi connectivity index (χ3n) is 4.18. The average molecular weight is 261 g/mol. The largest absolute Gasteiger partial charge is 0.481 e. The third kappa shape index (κ3) is 3.72. The van der Waals surface area contributed by atoms with E-state index >= 15 is 0 Å². The highest BCUT2D eigenvalue weighted by Crippen LogP contribution is 2.29. The Morgan fingerprint density at radius 3 is 2.58 bits per heavy atom. The van der Waals surface area contributed by atoms with E-state index in [1.807, 2.05) is 0 Å². The van der Waals surface area contributed by atoms with Crippen molar-refractivity contribution >= 4 is 11.7 Å². The maximum Gasteiger partial charge on any atom is 0.306 e. The van der Waals surface area contributed by atoms with E-state index in [0.717, 1.165) is 38.6 Å². The lowest BCUT2D eigenvalue weighted by molar-refractivity contribution is -0.143. The summed E-state index contributed by atoms with van der Waals surface area (Å²) < 4.78 is 0. The predicted molar refractivity (Wildman–Crippen MR) is 77.4 cm³/mol. The van der Waals surface area contributed by atoms with Crippen molar-refractivity contribution < 1.29 is 9.90 Å². The molecule has 3 nitrogen and oxygen atoms in total. The van der Waals surface area contributed by atoms with Gasteiger partial charge in [-0.2, -0.15) is 0 Å². The third-order valence-corrected chi connectivity index (χ3v) is 4.18. The molecule has 0 saturated heterocycles. The van der Waals surface area contributed by atoms with Crippen molar-refractivity contribution in [2.24, 2.45) is 11.8 Å². The van der Waals surface area contributed by atoms with Crippen molar-refractivity contribution in [3.63, 3.8) is 0 Å². The number of hydrogen-bond donors (Lipinski definition) is 2. The molecule has 0 heterocycles. The smallest absolute Gasteiger partial charge is 0.306 e. The molecule has 0 spiro atoms. The first-order valence-electron chi connectivity index (χ1n) is 7.25. The normalized spacial score (nSPS) is 23.0. The number of carboxylic acid groups (broad SMARTS) is 1. The first kappa shape index (κ1) is 13.9. The van der Waals surface area contributed by atoms with Crippen LogP contribution in [0.1, 0.15) is 38.2 Å². The summed E-state index contributed by atoms with van der Waals surface area (Å²) in [5.41, 5.74) is 2.58. The molecule has 1 aromatic rings. The Hall–Kier alpha value is -1.51. The lowest BCUT2D eigenvalue weighted by Gasteiger charge is -2.26. The summed E-state index contributed by atoms with van der Waals surface area (Å²) in [6.45, 7) is 3.13. The highest BCUT2D eigenvalue weighted by Gasteiger charge is 2.25. The summed E-state index contributed by atoms with van der Waals surface area (Å²) in [5.74, 6) is -0.123. The van der Waals surface area contributed by atoms with E-state index in [-0.39, 0.29) is 5.92 Å². The van der Waals surface area contributed by atoms with E-state index in [9.17, 15) is 4.79 Å².